The molecule has 7 rings (SSSR count). The minimum absolute atomic E-state index is 0.751. The first-order chi connectivity index (χ1) is 25.2. The van der Waals surface area contributed by atoms with Crippen molar-refractivity contribution in [2.45, 2.75) is 156 Å². The highest BCUT2D eigenvalue weighted by Crippen LogP contribution is 2.33. The second-order valence-corrected chi connectivity index (χ2v) is 14.7. The van der Waals surface area contributed by atoms with E-state index in [4.69, 9.17) is 29.9 Å². The van der Waals surface area contributed by atoms with E-state index < -0.39 is 0 Å². The predicted octanol–water partition coefficient (Wildman–Crippen LogP) is 11.5. The number of unbranched alkanes of at least 4 members (excludes halogenated alkanes) is 15. The molecule has 0 saturated heterocycles. The maximum atomic E-state index is 5.36. The number of rotatable bonds is 21. The van der Waals surface area contributed by atoms with Gasteiger partial charge in [0.15, 0.2) is 16.9 Å². The Morgan fingerprint density at radius 3 is 0.882 bits per heavy atom. The third kappa shape index (κ3) is 7.73. The number of fused-ring (bicyclic) bond motifs is 9. The normalized spacial score (nSPS) is 12.3. The van der Waals surface area contributed by atoms with Crippen molar-refractivity contribution in [3.63, 3.8) is 0 Å². The fraction of sp³-hybridized carbons (Fsp3) is 0.571. The van der Waals surface area contributed by atoms with Gasteiger partial charge in [-0.2, -0.15) is 0 Å². The van der Waals surface area contributed by atoms with E-state index in [1.807, 2.05) is 0 Å². The summed E-state index contributed by atoms with van der Waals surface area (Å²) in [5.74, 6) is 0. The molecule has 270 valence electrons. The van der Waals surface area contributed by atoms with E-state index in [1.54, 1.807) is 0 Å². The van der Waals surface area contributed by atoms with Gasteiger partial charge in [-0.15, -0.1) is 0 Å². The summed E-state index contributed by atoms with van der Waals surface area (Å²) >= 11 is 0. The van der Waals surface area contributed by atoms with Crippen LogP contribution >= 0.6 is 0 Å². The number of benzene rings is 1. The molecular formula is C42H57N9. The molecule has 0 aliphatic carbocycles. The van der Waals surface area contributed by atoms with Crippen molar-refractivity contribution in [1.82, 2.24) is 43.6 Å². The lowest BCUT2D eigenvalue weighted by Gasteiger charge is -2.11. The van der Waals surface area contributed by atoms with Crippen LogP contribution in [0.3, 0.4) is 0 Å². The molecule has 6 aromatic heterocycles. The molecule has 0 amide bonds. The van der Waals surface area contributed by atoms with Crippen LogP contribution in [0.4, 0.5) is 0 Å². The fourth-order valence-electron chi connectivity index (χ4n) is 7.70. The van der Waals surface area contributed by atoms with Crippen LogP contribution in [0.2, 0.25) is 0 Å². The van der Waals surface area contributed by atoms with Crippen LogP contribution in [-0.2, 0) is 19.6 Å². The highest BCUT2D eigenvalue weighted by molar-refractivity contribution is 6.20. The third-order valence-corrected chi connectivity index (χ3v) is 10.7. The molecule has 0 unspecified atom stereocenters. The summed E-state index contributed by atoms with van der Waals surface area (Å²) in [6.07, 6.45) is 29.1. The lowest BCUT2D eigenvalue weighted by atomic mass is 10.1. The van der Waals surface area contributed by atoms with Gasteiger partial charge in [0.1, 0.15) is 49.7 Å². The van der Waals surface area contributed by atoms with E-state index in [-0.39, 0.29) is 0 Å². The van der Waals surface area contributed by atoms with E-state index >= 15 is 0 Å². The summed E-state index contributed by atoms with van der Waals surface area (Å²) in [5.41, 5.74) is 9.90. The monoisotopic (exact) mass is 687 g/mol. The lowest BCUT2D eigenvalue weighted by Crippen LogP contribution is -2.03. The molecule has 9 nitrogen and oxygen atoms in total. The molecule has 0 bridgehead atoms. The van der Waals surface area contributed by atoms with Gasteiger partial charge >= 0.3 is 0 Å². The molecule has 9 heteroatoms. The summed E-state index contributed by atoms with van der Waals surface area (Å²) in [4.78, 5) is 31.8. The van der Waals surface area contributed by atoms with E-state index in [2.05, 4.69) is 71.3 Å². The Kier molecular flexibility index (Phi) is 11.7. The van der Waals surface area contributed by atoms with E-state index in [9.17, 15) is 0 Å². The Hall–Kier alpha value is -4.14. The molecule has 0 radical (unpaired) electrons. The van der Waals surface area contributed by atoms with E-state index in [0.29, 0.717) is 0 Å². The highest BCUT2D eigenvalue weighted by Gasteiger charge is 2.21. The molecule has 0 aliphatic rings. The molecule has 0 spiro atoms. The molecule has 1 aromatic carbocycles. The smallest absolute Gasteiger partial charge is 0.159 e. The van der Waals surface area contributed by atoms with E-state index in [0.717, 1.165) is 105 Å². The molecular weight excluding hydrogens is 631 g/mol. The average Bonchev–Trinajstić information content (AvgIpc) is 3.87. The summed E-state index contributed by atoms with van der Waals surface area (Å²) in [5, 5.41) is 0. The fourth-order valence-corrected chi connectivity index (χ4v) is 7.70. The van der Waals surface area contributed by atoms with Crippen LogP contribution < -0.4 is 0 Å². The summed E-state index contributed by atoms with van der Waals surface area (Å²) < 4.78 is 6.80. The van der Waals surface area contributed by atoms with Crippen LogP contribution in [0.25, 0.3) is 66.6 Å². The number of nitrogens with zero attached hydrogens (tertiary/aromatic N) is 9. The van der Waals surface area contributed by atoms with Gasteiger partial charge in [0.2, 0.25) is 0 Å². The zero-order valence-corrected chi connectivity index (χ0v) is 31.3. The predicted molar refractivity (Wildman–Crippen MR) is 212 cm³/mol. The Balaban J connectivity index is 1.30. The lowest BCUT2D eigenvalue weighted by molar-refractivity contribution is 0.564. The quantitative estimate of drug-likeness (QED) is 0.0551. The van der Waals surface area contributed by atoms with Gasteiger partial charge in [-0.1, -0.05) is 117 Å². The van der Waals surface area contributed by atoms with Crippen molar-refractivity contribution in [2.75, 3.05) is 0 Å². The van der Waals surface area contributed by atoms with Crippen LogP contribution in [0, 0.1) is 0 Å². The molecule has 0 fully saturated rings. The van der Waals surface area contributed by atoms with Crippen molar-refractivity contribution in [3.8, 4) is 0 Å². The Morgan fingerprint density at radius 2 is 0.588 bits per heavy atom. The molecule has 0 saturated carbocycles. The van der Waals surface area contributed by atoms with Crippen molar-refractivity contribution in [1.29, 1.82) is 0 Å². The maximum absolute atomic E-state index is 5.36. The summed E-state index contributed by atoms with van der Waals surface area (Å²) in [7, 11) is 0. The van der Waals surface area contributed by atoms with E-state index in [1.165, 1.54) is 96.3 Å². The summed E-state index contributed by atoms with van der Waals surface area (Å²) in [6.45, 7) is 9.61. The standard InChI is InChI=1S/C42H57N9/c1-4-7-10-13-16-19-25-49-28-22-31-40(49)46-37-34(43-31)35-38(47-41-32(44-35)23-29-50(41)26-20-17-14-11-8-5-2)39-36(37)45-33-24-30-51(42(33)48-39)27-21-18-15-12-9-6-3/h22-24,28-30H,4-21,25-27H2,1-3H3. The topological polar surface area (TPSA) is 92.1 Å². The number of hydrogen-bond donors (Lipinski definition) is 0. The molecule has 6 heterocycles. The van der Waals surface area contributed by atoms with Gasteiger partial charge in [-0.3, -0.25) is 0 Å². The van der Waals surface area contributed by atoms with Gasteiger partial charge in [-0.05, 0) is 37.5 Å². The van der Waals surface area contributed by atoms with Crippen molar-refractivity contribution >= 4 is 66.6 Å². The van der Waals surface area contributed by atoms with Gasteiger partial charge in [-0.25, -0.2) is 29.9 Å². The van der Waals surface area contributed by atoms with Crippen LogP contribution in [-0.4, -0.2) is 43.6 Å². The first-order valence-corrected chi connectivity index (χ1v) is 20.3. The molecule has 7 aromatic rings. The molecule has 0 atom stereocenters. The minimum atomic E-state index is 0.751. The summed E-state index contributed by atoms with van der Waals surface area (Å²) in [6, 6.07) is 6.29. The van der Waals surface area contributed by atoms with Crippen LogP contribution in [0.5, 0.6) is 0 Å². The van der Waals surface area contributed by atoms with Crippen molar-refractivity contribution in [3.05, 3.63) is 36.8 Å². The first-order valence-electron chi connectivity index (χ1n) is 20.3. The average molecular weight is 688 g/mol. The third-order valence-electron chi connectivity index (χ3n) is 10.7. The van der Waals surface area contributed by atoms with Gasteiger partial charge in [0.05, 0.1) is 0 Å². The van der Waals surface area contributed by atoms with Crippen molar-refractivity contribution in [2.24, 2.45) is 0 Å². The second-order valence-electron chi connectivity index (χ2n) is 14.7. The maximum Gasteiger partial charge on any atom is 0.159 e. The van der Waals surface area contributed by atoms with Crippen molar-refractivity contribution < 1.29 is 0 Å². The Bertz CT molecular complexity index is 2200. The van der Waals surface area contributed by atoms with Gasteiger partial charge < -0.3 is 13.7 Å². The molecule has 51 heavy (non-hydrogen) atoms. The molecule has 0 aliphatic heterocycles. The zero-order valence-electron chi connectivity index (χ0n) is 31.3. The molecule has 0 N–H and O–H groups in total. The van der Waals surface area contributed by atoms with Gasteiger partial charge in [0, 0.05) is 38.2 Å². The Labute approximate surface area is 302 Å². The van der Waals surface area contributed by atoms with Crippen LogP contribution in [0.1, 0.15) is 136 Å². The Morgan fingerprint density at radius 1 is 0.333 bits per heavy atom. The highest BCUT2D eigenvalue weighted by atomic mass is 15.1. The van der Waals surface area contributed by atoms with Crippen LogP contribution in [0.15, 0.2) is 36.8 Å². The number of hydrogen-bond acceptors (Lipinski definition) is 6. The first kappa shape index (κ1) is 35.3. The number of aromatic nitrogens is 9. The zero-order chi connectivity index (χ0) is 35.0. The largest absolute Gasteiger partial charge is 0.331 e. The van der Waals surface area contributed by atoms with Gasteiger partial charge in [0.25, 0.3) is 0 Å². The number of aryl methyl sites for hydroxylation is 3. The second kappa shape index (κ2) is 16.9. The SMILES string of the molecule is CCCCCCCCn1ccc2nc3c4nc5ccn(CCCCCCCC)c5nc4c4nc5c(ccn5CCCCCCCC)nc4c3nc21. The minimum Gasteiger partial charge on any atom is -0.331 e.